The van der Waals surface area contributed by atoms with Crippen LogP contribution in [0.15, 0.2) is 60.9 Å². The van der Waals surface area contributed by atoms with E-state index in [2.05, 4.69) is 34.2 Å². The van der Waals surface area contributed by atoms with Gasteiger partial charge < -0.3 is 5.32 Å². The molecule has 0 saturated carbocycles. The molecule has 0 atom stereocenters. The first-order chi connectivity index (χ1) is 14.5. The van der Waals surface area contributed by atoms with Crippen LogP contribution in [0.25, 0.3) is 39.4 Å². The molecule has 0 saturated heterocycles. The van der Waals surface area contributed by atoms with Crippen molar-refractivity contribution >= 4 is 34.4 Å². The van der Waals surface area contributed by atoms with E-state index in [0.29, 0.717) is 10.6 Å². The van der Waals surface area contributed by atoms with Crippen LogP contribution in [0.4, 0.5) is 5.82 Å². The molecule has 6 heteroatoms. The van der Waals surface area contributed by atoms with Crippen molar-refractivity contribution in [1.82, 2.24) is 15.2 Å². The van der Waals surface area contributed by atoms with Crippen LogP contribution in [-0.2, 0) is 0 Å². The number of anilines is 1. The Kier molecular flexibility index (Phi) is 4.16. The van der Waals surface area contributed by atoms with Crippen LogP contribution >= 0.6 is 11.6 Å². The molecule has 0 bridgehead atoms. The molecule has 0 unspecified atom stereocenters. The van der Waals surface area contributed by atoms with E-state index in [1.54, 1.807) is 6.20 Å². The Hall–Kier alpha value is -3.88. The van der Waals surface area contributed by atoms with Gasteiger partial charge in [-0.25, -0.2) is 4.98 Å². The summed E-state index contributed by atoms with van der Waals surface area (Å²) in [6, 6.07) is 14.0. The molecule has 0 amide bonds. The van der Waals surface area contributed by atoms with Crippen LogP contribution in [0, 0.1) is 18.3 Å². The maximum absolute atomic E-state index is 9.50. The van der Waals surface area contributed by atoms with Crippen LogP contribution in [-0.4, -0.2) is 15.2 Å². The normalized spacial score (nSPS) is 12.5. The maximum atomic E-state index is 9.50. The summed E-state index contributed by atoms with van der Waals surface area (Å²) in [5, 5.41) is 21.3. The Bertz CT molecular complexity index is 1420. The number of pyridine rings is 1. The van der Waals surface area contributed by atoms with Gasteiger partial charge in [0.2, 0.25) is 0 Å². The second kappa shape index (κ2) is 6.87. The number of allylic oxidation sites excluding steroid dienone is 1. The van der Waals surface area contributed by atoms with Crippen molar-refractivity contribution < 1.29 is 0 Å². The Labute approximate surface area is 178 Å². The van der Waals surface area contributed by atoms with Crippen molar-refractivity contribution in [2.75, 3.05) is 5.32 Å². The van der Waals surface area contributed by atoms with Gasteiger partial charge in [0, 0.05) is 27.8 Å². The van der Waals surface area contributed by atoms with Gasteiger partial charge in [0.1, 0.15) is 5.82 Å². The third kappa shape index (κ3) is 2.86. The zero-order valence-corrected chi connectivity index (χ0v) is 16.9. The average Bonchev–Trinajstić information content (AvgIpc) is 3.22. The van der Waals surface area contributed by atoms with Gasteiger partial charge in [0.25, 0.3) is 0 Å². The first-order valence-corrected chi connectivity index (χ1v) is 9.75. The van der Waals surface area contributed by atoms with Crippen LogP contribution in [0.2, 0.25) is 5.02 Å². The first kappa shape index (κ1) is 18.2. The number of rotatable bonds is 2. The molecule has 0 fully saturated rings. The molecule has 4 aromatic rings. The topological polar surface area (TPSA) is 77.4 Å². The number of fused-ring (bicyclic) bond motifs is 2. The van der Waals surface area contributed by atoms with E-state index >= 15 is 0 Å². The summed E-state index contributed by atoms with van der Waals surface area (Å²) in [6.07, 6.45) is 5.66. The van der Waals surface area contributed by atoms with Crippen molar-refractivity contribution in [2.45, 2.75) is 6.92 Å². The predicted octanol–water partition coefficient (Wildman–Crippen LogP) is 6.08. The minimum absolute atomic E-state index is 0.591. The highest BCUT2D eigenvalue weighted by Gasteiger charge is 2.19. The molecule has 144 valence electrons. The predicted molar refractivity (Wildman–Crippen MR) is 121 cm³/mol. The summed E-state index contributed by atoms with van der Waals surface area (Å²) in [5.41, 5.74) is 7.57. The summed E-state index contributed by atoms with van der Waals surface area (Å²) < 4.78 is 0. The van der Waals surface area contributed by atoms with Crippen molar-refractivity contribution in [1.29, 1.82) is 5.26 Å². The molecular weight excluding hydrogens is 394 g/mol. The van der Waals surface area contributed by atoms with Crippen molar-refractivity contribution in [3.05, 3.63) is 82.7 Å². The van der Waals surface area contributed by atoms with E-state index in [1.807, 2.05) is 49.4 Å². The minimum atomic E-state index is 0.591. The van der Waals surface area contributed by atoms with Crippen LogP contribution in [0.3, 0.4) is 0 Å². The fourth-order valence-corrected chi connectivity index (χ4v) is 4.02. The SMILES string of the molecule is C=C1C=Cc2cc(-c3cc(Cl)c4[nH]ncc4c3)c(-c3cccc(C#N)c3C)nc2N1. The lowest BCUT2D eigenvalue weighted by Gasteiger charge is -2.19. The average molecular weight is 410 g/mol. The third-order valence-electron chi connectivity index (χ3n) is 5.32. The third-order valence-corrected chi connectivity index (χ3v) is 5.61. The van der Waals surface area contributed by atoms with Crippen LogP contribution < -0.4 is 5.32 Å². The number of nitriles is 1. The molecular formula is C24H16ClN5. The Balaban J connectivity index is 1.83. The molecule has 0 radical (unpaired) electrons. The second-order valence-electron chi connectivity index (χ2n) is 7.19. The Morgan fingerprint density at radius 2 is 2.00 bits per heavy atom. The highest BCUT2D eigenvalue weighted by atomic mass is 35.5. The van der Waals surface area contributed by atoms with E-state index < -0.39 is 0 Å². The molecule has 1 aliphatic heterocycles. The number of hydrogen-bond acceptors (Lipinski definition) is 4. The smallest absolute Gasteiger partial charge is 0.138 e. The minimum Gasteiger partial charge on any atom is -0.340 e. The van der Waals surface area contributed by atoms with Crippen LogP contribution in [0.5, 0.6) is 0 Å². The molecule has 0 aliphatic carbocycles. The molecule has 5 nitrogen and oxygen atoms in total. The maximum Gasteiger partial charge on any atom is 0.138 e. The Morgan fingerprint density at radius 3 is 2.83 bits per heavy atom. The molecule has 5 rings (SSSR count). The lowest BCUT2D eigenvalue weighted by atomic mass is 9.92. The van der Waals surface area contributed by atoms with Crippen molar-refractivity contribution in [3.63, 3.8) is 0 Å². The van der Waals surface area contributed by atoms with Gasteiger partial charge in [-0.1, -0.05) is 30.3 Å². The molecule has 3 heterocycles. The number of H-pyrrole nitrogens is 1. The van der Waals surface area contributed by atoms with Crippen molar-refractivity contribution in [3.8, 4) is 28.5 Å². The quantitative estimate of drug-likeness (QED) is 0.420. The highest BCUT2D eigenvalue weighted by molar-refractivity contribution is 6.35. The summed E-state index contributed by atoms with van der Waals surface area (Å²) >= 11 is 6.52. The standard InChI is InChI=1S/C24H16ClN5/c1-13-6-7-15-9-20(17-8-18-12-27-30-22(18)21(25)10-17)23(29-24(15)28-13)19-5-3-4-16(11-26)14(19)2/h3-10,12H,1H2,2H3,(H,27,30)(H,28,29). The fourth-order valence-electron chi connectivity index (χ4n) is 3.75. The number of aromatic amines is 1. The number of nitrogens with one attached hydrogen (secondary N) is 2. The number of benzene rings is 2. The van der Waals surface area contributed by atoms with Gasteiger partial charge in [0.15, 0.2) is 0 Å². The second-order valence-corrected chi connectivity index (χ2v) is 7.60. The lowest BCUT2D eigenvalue weighted by molar-refractivity contribution is 1.12. The van der Waals surface area contributed by atoms with E-state index in [-0.39, 0.29) is 0 Å². The van der Waals surface area contributed by atoms with Gasteiger partial charge in [-0.15, -0.1) is 0 Å². The Morgan fingerprint density at radius 1 is 1.13 bits per heavy atom. The summed E-state index contributed by atoms with van der Waals surface area (Å²) in [5.74, 6) is 0.735. The molecule has 2 aromatic heterocycles. The summed E-state index contributed by atoms with van der Waals surface area (Å²) in [6.45, 7) is 5.91. The number of hydrogen-bond donors (Lipinski definition) is 2. The number of nitrogens with zero attached hydrogens (tertiary/aromatic N) is 3. The lowest BCUT2D eigenvalue weighted by Crippen LogP contribution is -2.06. The van der Waals surface area contributed by atoms with Crippen molar-refractivity contribution in [2.24, 2.45) is 0 Å². The molecule has 1 aliphatic rings. The van der Waals surface area contributed by atoms with Gasteiger partial charge >= 0.3 is 0 Å². The summed E-state index contributed by atoms with van der Waals surface area (Å²) in [4.78, 5) is 4.94. The van der Waals surface area contributed by atoms with Gasteiger partial charge in [-0.2, -0.15) is 10.4 Å². The fraction of sp³-hybridized carbons (Fsp3) is 0.0417. The number of aromatic nitrogens is 3. The molecule has 30 heavy (non-hydrogen) atoms. The largest absolute Gasteiger partial charge is 0.340 e. The van der Waals surface area contributed by atoms with Gasteiger partial charge in [-0.3, -0.25) is 5.10 Å². The molecule has 2 N–H and O–H groups in total. The zero-order valence-electron chi connectivity index (χ0n) is 16.1. The van der Waals surface area contributed by atoms with E-state index in [1.165, 1.54) is 0 Å². The summed E-state index contributed by atoms with van der Waals surface area (Å²) in [7, 11) is 0. The first-order valence-electron chi connectivity index (χ1n) is 9.37. The van der Waals surface area contributed by atoms with Gasteiger partial charge in [0.05, 0.1) is 34.1 Å². The highest BCUT2D eigenvalue weighted by Crippen LogP contribution is 2.39. The van der Waals surface area contributed by atoms with Crippen LogP contribution in [0.1, 0.15) is 16.7 Å². The van der Waals surface area contributed by atoms with E-state index in [9.17, 15) is 5.26 Å². The zero-order chi connectivity index (χ0) is 20.8. The van der Waals surface area contributed by atoms with Gasteiger partial charge in [-0.05, 0) is 54.5 Å². The van der Waals surface area contributed by atoms with E-state index in [4.69, 9.17) is 16.6 Å². The monoisotopic (exact) mass is 409 g/mol. The molecule has 0 spiro atoms. The van der Waals surface area contributed by atoms with E-state index in [0.717, 1.165) is 55.9 Å². The molecule has 2 aromatic carbocycles. The number of halogens is 1.